The van der Waals surface area contributed by atoms with Crippen molar-refractivity contribution in [3.63, 3.8) is 0 Å². The molecule has 1 heterocycles. The van der Waals surface area contributed by atoms with E-state index < -0.39 is 17.9 Å². The summed E-state index contributed by atoms with van der Waals surface area (Å²) in [6, 6.07) is 2.54. The molecule has 0 bridgehead atoms. The quantitative estimate of drug-likeness (QED) is 0.757. The van der Waals surface area contributed by atoms with E-state index in [0.29, 0.717) is 12.2 Å². The van der Waals surface area contributed by atoms with Gasteiger partial charge in [-0.3, -0.25) is 4.79 Å². The summed E-state index contributed by atoms with van der Waals surface area (Å²) in [5, 5.41) is 11.4. The SMILES string of the molecule is CC(C)C[C@H](NC(=O)/C=C/c1ccco1)C(=O)O. The smallest absolute Gasteiger partial charge is 0.326 e. The normalized spacial score (nSPS) is 12.8. The van der Waals surface area contributed by atoms with E-state index in [1.54, 1.807) is 12.1 Å². The Kier molecular flexibility index (Phi) is 5.17. The Balaban J connectivity index is 2.53. The second kappa shape index (κ2) is 6.64. The molecule has 1 amide bonds. The molecule has 1 rings (SSSR count). The van der Waals surface area contributed by atoms with Crippen molar-refractivity contribution in [3.05, 3.63) is 30.2 Å². The third-order valence-corrected chi connectivity index (χ3v) is 2.26. The van der Waals surface area contributed by atoms with Gasteiger partial charge in [-0.2, -0.15) is 0 Å². The fourth-order valence-electron chi connectivity index (χ4n) is 1.46. The first kappa shape index (κ1) is 14.0. The van der Waals surface area contributed by atoms with Crippen LogP contribution in [0.2, 0.25) is 0 Å². The van der Waals surface area contributed by atoms with Gasteiger partial charge in [-0.25, -0.2) is 4.79 Å². The predicted octanol–water partition coefficient (Wildman–Crippen LogP) is 1.91. The predicted molar refractivity (Wildman–Crippen MR) is 66.8 cm³/mol. The number of hydrogen-bond acceptors (Lipinski definition) is 3. The highest BCUT2D eigenvalue weighted by atomic mass is 16.4. The first-order valence-corrected chi connectivity index (χ1v) is 5.74. The molecule has 0 aliphatic heterocycles. The Morgan fingerprint density at radius 1 is 1.50 bits per heavy atom. The van der Waals surface area contributed by atoms with E-state index in [1.165, 1.54) is 18.4 Å². The van der Waals surface area contributed by atoms with Crippen LogP contribution in [0.25, 0.3) is 6.08 Å². The zero-order chi connectivity index (χ0) is 13.5. The summed E-state index contributed by atoms with van der Waals surface area (Å²) in [5.41, 5.74) is 0. The molecule has 1 aromatic rings. The highest BCUT2D eigenvalue weighted by Crippen LogP contribution is 2.06. The summed E-state index contributed by atoms with van der Waals surface area (Å²) in [7, 11) is 0. The largest absolute Gasteiger partial charge is 0.480 e. The lowest BCUT2D eigenvalue weighted by Gasteiger charge is -2.15. The van der Waals surface area contributed by atoms with Gasteiger partial charge in [0.25, 0.3) is 0 Å². The van der Waals surface area contributed by atoms with Crippen LogP contribution in [-0.4, -0.2) is 23.0 Å². The molecule has 98 valence electrons. The number of nitrogens with one attached hydrogen (secondary N) is 1. The molecule has 0 fully saturated rings. The molecule has 0 spiro atoms. The third kappa shape index (κ3) is 4.86. The topological polar surface area (TPSA) is 79.5 Å². The summed E-state index contributed by atoms with van der Waals surface area (Å²) in [4.78, 5) is 22.5. The molecular weight excluding hydrogens is 234 g/mol. The van der Waals surface area contributed by atoms with E-state index >= 15 is 0 Å². The van der Waals surface area contributed by atoms with E-state index in [-0.39, 0.29) is 5.92 Å². The summed E-state index contributed by atoms with van der Waals surface area (Å²) < 4.78 is 5.02. The molecule has 0 saturated heterocycles. The van der Waals surface area contributed by atoms with Crippen LogP contribution in [0, 0.1) is 5.92 Å². The Morgan fingerprint density at radius 3 is 2.72 bits per heavy atom. The number of carboxylic acid groups (broad SMARTS) is 1. The summed E-state index contributed by atoms with van der Waals surface area (Å²) >= 11 is 0. The van der Waals surface area contributed by atoms with Crippen LogP contribution in [-0.2, 0) is 9.59 Å². The number of aliphatic carboxylic acids is 1. The first-order chi connectivity index (χ1) is 8.49. The van der Waals surface area contributed by atoms with Gasteiger partial charge in [0.1, 0.15) is 11.8 Å². The van der Waals surface area contributed by atoms with Gasteiger partial charge in [0, 0.05) is 6.08 Å². The minimum Gasteiger partial charge on any atom is -0.480 e. The van der Waals surface area contributed by atoms with E-state index in [9.17, 15) is 9.59 Å². The van der Waals surface area contributed by atoms with Crippen molar-refractivity contribution >= 4 is 18.0 Å². The summed E-state index contributed by atoms with van der Waals surface area (Å²) in [6.45, 7) is 3.81. The zero-order valence-corrected chi connectivity index (χ0v) is 10.4. The minimum atomic E-state index is -1.02. The maximum Gasteiger partial charge on any atom is 0.326 e. The van der Waals surface area contributed by atoms with Gasteiger partial charge >= 0.3 is 5.97 Å². The van der Waals surface area contributed by atoms with Crippen molar-refractivity contribution in [1.29, 1.82) is 0 Å². The van der Waals surface area contributed by atoms with Crippen LogP contribution in [0.5, 0.6) is 0 Å². The van der Waals surface area contributed by atoms with Crippen molar-refractivity contribution < 1.29 is 19.1 Å². The van der Waals surface area contributed by atoms with E-state index in [2.05, 4.69) is 5.32 Å². The molecule has 18 heavy (non-hydrogen) atoms. The molecule has 1 aromatic heterocycles. The van der Waals surface area contributed by atoms with Crippen LogP contribution in [0.3, 0.4) is 0 Å². The van der Waals surface area contributed by atoms with E-state index in [0.717, 1.165) is 0 Å². The third-order valence-electron chi connectivity index (χ3n) is 2.26. The summed E-state index contributed by atoms with van der Waals surface area (Å²) in [5.74, 6) is -0.732. The Bertz CT molecular complexity index is 420. The number of amides is 1. The number of carbonyl (C=O) groups excluding carboxylic acids is 1. The molecule has 0 unspecified atom stereocenters. The molecule has 0 saturated carbocycles. The highest BCUT2D eigenvalue weighted by Gasteiger charge is 2.19. The Hall–Kier alpha value is -2.04. The average molecular weight is 251 g/mol. The van der Waals surface area contributed by atoms with E-state index in [1.807, 2.05) is 13.8 Å². The molecular formula is C13H17NO4. The number of carbonyl (C=O) groups is 2. The standard InChI is InChI=1S/C13H17NO4/c1-9(2)8-11(13(16)17)14-12(15)6-5-10-4-3-7-18-10/h3-7,9,11H,8H2,1-2H3,(H,14,15)(H,16,17)/b6-5+/t11-/m0/s1. The van der Waals surface area contributed by atoms with Crippen LogP contribution < -0.4 is 5.32 Å². The Labute approximate surface area is 105 Å². The Morgan fingerprint density at radius 2 is 2.22 bits per heavy atom. The highest BCUT2D eigenvalue weighted by molar-refractivity contribution is 5.94. The van der Waals surface area contributed by atoms with Gasteiger partial charge in [0.05, 0.1) is 6.26 Å². The van der Waals surface area contributed by atoms with Gasteiger partial charge in [-0.15, -0.1) is 0 Å². The number of carboxylic acids is 1. The number of rotatable bonds is 6. The lowest BCUT2D eigenvalue weighted by Crippen LogP contribution is -2.40. The van der Waals surface area contributed by atoms with Crippen LogP contribution >= 0.6 is 0 Å². The lowest BCUT2D eigenvalue weighted by atomic mass is 10.0. The number of furan rings is 1. The van der Waals surface area contributed by atoms with E-state index in [4.69, 9.17) is 9.52 Å². The van der Waals surface area contributed by atoms with Crippen molar-refractivity contribution in [1.82, 2.24) is 5.32 Å². The van der Waals surface area contributed by atoms with Crippen LogP contribution in [0.15, 0.2) is 28.9 Å². The first-order valence-electron chi connectivity index (χ1n) is 5.74. The van der Waals surface area contributed by atoms with Gasteiger partial charge in [-0.05, 0) is 30.5 Å². The maximum absolute atomic E-state index is 11.5. The van der Waals surface area contributed by atoms with Crippen molar-refractivity contribution in [3.8, 4) is 0 Å². The fourth-order valence-corrected chi connectivity index (χ4v) is 1.46. The number of hydrogen-bond donors (Lipinski definition) is 2. The fraction of sp³-hybridized carbons (Fsp3) is 0.385. The van der Waals surface area contributed by atoms with Gasteiger partial charge in [0.15, 0.2) is 0 Å². The molecule has 1 atom stereocenters. The van der Waals surface area contributed by atoms with Crippen molar-refractivity contribution in [2.75, 3.05) is 0 Å². The molecule has 0 aliphatic carbocycles. The summed E-state index contributed by atoms with van der Waals surface area (Å²) in [6.07, 6.45) is 4.64. The monoisotopic (exact) mass is 251 g/mol. The zero-order valence-electron chi connectivity index (χ0n) is 10.4. The molecule has 2 N–H and O–H groups in total. The van der Waals surface area contributed by atoms with Crippen molar-refractivity contribution in [2.45, 2.75) is 26.3 Å². The molecule has 0 radical (unpaired) electrons. The molecule has 0 aliphatic rings. The second-order valence-corrected chi connectivity index (χ2v) is 4.38. The lowest BCUT2D eigenvalue weighted by molar-refractivity contribution is -0.141. The van der Waals surface area contributed by atoms with Gasteiger partial charge < -0.3 is 14.8 Å². The molecule has 5 nitrogen and oxygen atoms in total. The second-order valence-electron chi connectivity index (χ2n) is 4.38. The molecule has 0 aromatic carbocycles. The van der Waals surface area contributed by atoms with Gasteiger partial charge in [0.2, 0.25) is 5.91 Å². The van der Waals surface area contributed by atoms with Crippen LogP contribution in [0.4, 0.5) is 0 Å². The average Bonchev–Trinajstić information content (AvgIpc) is 2.77. The minimum absolute atomic E-state index is 0.195. The molecule has 5 heteroatoms. The van der Waals surface area contributed by atoms with Crippen LogP contribution in [0.1, 0.15) is 26.0 Å². The van der Waals surface area contributed by atoms with Crippen molar-refractivity contribution in [2.24, 2.45) is 5.92 Å². The van der Waals surface area contributed by atoms with Gasteiger partial charge in [-0.1, -0.05) is 13.8 Å². The maximum atomic E-state index is 11.5.